The van der Waals surface area contributed by atoms with E-state index in [1.807, 2.05) is 0 Å². The van der Waals surface area contributed by atoms with Crippen LogP contribution in [0.15, 0.2) is 29.3 Å². The third kappa shape index (κ3) is 2.94. The van der Waals surface area contributed by atoms with Crippen LogP contribution < -0.4 is 10.5 Å². The quantitative estimate of drug-likeness (QED) is 0.872. The van der Waals surface area contributed by atoms with E-state index in [0.29, 0.717) is 17.4 Å². The van der Waals surface area contributed by atoms with Crippen molar-refractivity contribution >= 4 is 15.8 Å². The van der Waals surface area contributed by atoms with Crippen molar-refractivity contribution in [1.82, 2.24) is 14.5 Å². The lowest BCUT2D eigenvalue weighted by molar-refractivity contribution is 0.561. The Balaban J connectivity index is 2.21. The lowest BCUT2D eigenvalue weighted by atomic mass is 10.3. The number of rotatable bonds is 4. The van der Waals surface area contributed by atoms with Gasteiger partial charge in [0, 0.05) is 25.2 Å². The first-order valence-corrected chi connectivity index (χ1v) is 7.00. The lowest BCUT2D eigenvalue weighted by Crippen LogP contribution is -2.23. The molecule has 6 nitrogen and oxygen atoms in total. The monoisotopic (exact) mass is 302 g/mol. The van der Waals surface area contributed by atoms with Crippen LogP contribution in [0.2, 0.25) is 0 Å². The normalized spacial score (nSPS) is 11.8. The van der Waals surface area contributed by atoms with E-state index >= 15 is 0 Å². The molecule has 0 unspecified atom stereocenters. The minimum Gasteiger partial charge on any atom is -0.384 e. The second kappa shape index (κ2) is 5.17. The van der Waals surface area contributed by atoms with Gasteiger partial charge in [-0.25, -0.2) is 21.9 Å². The van der Waals surface area contributed by atoms with Crippen molar-refractivity contribution in [3.05, 3.63) is 41.6 Å². The van der Waals surface area contributed by atoms with Gasteiger partial charge in [-0.1, -0.05) is 0 Å². The summed E-state index contributed by atoms with van der Waals surface area (Å²) in [6.07, 6.45) is 1.41. The van der Waals surface area contributed by atoms with Gasteiger partial charge in [-0.2, -0.15) is 5.10 Å². The third-order valence-electron chi connectivity index (χ3n) is 2.66. The van der Waals surface area contributed by atoms with Gasteiger partial charge in [0.15, 0.2) is 0 Å². The summed E-state index contributed by atoms with van der Waals surface area (Å²) < 4.78 is 53.5. The Morgan fingerprint density at radius 3 is 2.40 bits per heavy atom. The molecule has 0 aliphatic rings. The molecule has 0 fully saturated rings. The Labute approximate surface area is 114 Å². The average Bonchev–Trinajstić information content (AvgIpc) is 2.66. The Bertz CT molecular complexity index is 723. The summed E-state index contributed by atoms with van der Waals surface area (Å²) >= 11 is 0. The Morgan fingerprint density at radius 1 is 1.30 bits per heavy atom. The third-order valence-corrected chi connectivity index (χ3v) is 4.04. The van der Waals surface area contributed by atoms with Gasteiger partial charge in [-0.15, -0.1) is 0 Å². The van der Waals surface area contributed by atoms with Crippen molar-refractivity contribution in [1.29, 1.82) is 0 Å². The van der Waals surface area contributed by atoms with E-state index in [9.17, 15) is 17.2 Å². The maximum atomic E-state index is 13.0. The largest absolute Gasteiger partial charge is 0.384 e. The highest BCUT2D eigenvalue weighted by Crippen LogP contribution is 2.15. The highest BCUT2D eigenvalue weighted by molar-refractivity contribution is 7.89. The standard InChI is InChI=1S/C11H12F2N4O2S/c1-17-11(14)7(5-15-17)6-16-20(18,19)10-3-8(12)2-9(13)4-10/h2-5,16H,6,14H2,1H3. The summed E-state index contributed by atoms with van der Waals surface area (Å²) in [6.45, 7) is -0.125. The number of nitrogen functional groups attached to an aromatic ring is 1. The van der Waals surface area contributed by atoms with Crippen molar-refractivity contribution in [3.63, 3.8) is 0 Å². The molecule has 1 aromatic carbocycles. The Kier molecular flexibility index (Phi) is 3.73. The van der Waals surface area contributed by atoms with Crippen LogP contribution in [0.5, 0.6) is 0 Å². The number of aryl methyl sites for hydroxylation is 1. The maximum Gasteiger partial charge on any atom is 0.241 e. The minimum absolute atomic E-state index is 0.125. The fourth-order valence-electron chi connectivity index (χ4n) is 1.57. The van der Waals surface area contributed by atoms with E-state index < -0.39 is 26.6 Å². The van der Waals surface area contributed by atoms with Crippen molar-refractivity contribution in [2.45, 2.75) is 11.4 Å². The molecule has 0 radical (unpaired) electrons. The fourth-order valence-corrected chi connectivity index (χ4v) is 2.62. The molecule has 3 N–H and O–H groups in total. The minimum atomic E-state index is -4.03. The van der Waals surface area contributed by atoms with E-state index in [1.165, 1.54) is 10.9 Å². The molecule has 0 saturated carbocycles. The Hall–Kier alpha value is -2.00. The summed E-state index contributed by atoms with van der Waals surface area (Å²) in [5.74, 6) is -1.63. The van der Waals surface area contributed by atoms with Gasteiger partial charge in [0.2, 0.25) is 10.0 Å². The second-order valence-electron chi connectivity index (χ2n) is 4.11. The molecular weight excluding hydrogens is 290 g/mol. The molecule has 2 aromatic rings. The number of aromatic nitrogens is 2. The van der Waals surface area contributed by atoms with E-state index in [4.69, 9.17) is 5.73 Å². The molecule has 9 heteroatoms. The van der Waals surface area contributed by atoms with Crippen LogP contribution in [0.4, 0.5) is 14.6 Å². The first-order valence-electron chi connectivity index (χ1n) is 5.52. The number of anilines is 1. The van der Waals surface area contributed by atoms with Crippen LogP contribution in [0.25, 0.3) is 0 Å². The van der Waals surface area contributed by atoms with Crippen molar-refractivity contribution < 1.29 is 17.2 Å². The zero-order valence-electron chi connectivity index (χ0n) is 10.5. The molecule has 20 heavy (non-hydrogen) atoms. The molecule has 2 rings (SSSR count). The molecule has 0 amide bonds. The van der Waals surface area contributed by atoms with Crippen molar-refractivity contribution in [2.24, 2.45) is 7.05 Å². The number of hydrogen-bond acceptors (Lipinski definition) is 4. The highest BCUT2D eigenvalue weighted by Gasteiger charge is 2.17. The van der Waals surface area contributed by atoms with E-state index in [-0.39, 0.29) is 6.54 Å². The molecule has 0 saturated heterocycles. The van der Waals surface area contributed by atoms with Crippen LogP contribution in [0.1, 0.15) is 5.56 Å². The maximum absolute atomic E-state index is 13.0. The van der Waals surface area contributed by atoms with Crippen LogP contribution in [0, 0.1) is 11.6 Å². The molecule has 0 bridgehead atoms. The number of nitrogens with two attached hydrogens (primary N) is 1. The SMILES string of the molecule is Cn1ncc(CNS(=O)(=O)c2cc(F)cc(F)c2)c1N. The van der Waals surface area contributed by atoms with Gasteiger partial charge in [0.1, 0.15) is 17.5 Å². The smallest absolute Gasteiger partial charge is 0.241 e. The van der Waals surface area contributed by atoms with Gasteiger partial charge < -0.3 is 5.73 Å². The molecule has 1 aromatic heterocycles. The van der Waals surface area contributed by atoms with E-state index in [1.54, 1.807) is 7.05 Å². The van der Waals surface area contributed by atoms with Gasteiger partial charge in [0.05, 0.1) is 11.1 Å². The molecule has 0 spiro atoms. The zero-order chi connectivity index (χ0) is 14.9. The predicted molar refractivity (Wildman–Crippen MR) is 68.0 cm³/mol. The number of sulfonamides is 1. The summed E-state index contributed by atoms with van der Waals surface area (Å²) in [5, 5.41) is 3.85. The molecular formula is C11H12F2N4O2S. The van der Waals surface area contributed by atoms with Gasteiger partial charge in [-0.3, -0.25) is 4.68 Å². The first-order chi connectivity index (χ1) is 9.29. The first kappa shape index (κ1) is 14.4. The summed E-state index contributed by atoms with van der Waals surface area (Å²) in [7, 11) is -2.43. The van der Waals surface area contributed by atoms with Crippen LogP contribution in [-0.4, -0.2) is 18.2 Å². The number of benzene rings is 1. The van der Waals surface area contributed by atoms with Crippen molar-refractivity contribution in [3.8, 4) is 0 Å². The number of halogens is 2. The number of nitrogens with zero attached hydrogens (tertiary/aromatic N) is 2. The van der Waals surface area contributed by atoms with E-state index in [0.717, 1.165) is 12.1 Å². The van der Waals surface area contributed by atoms with Crippen LogP contribution in [0.3, 0.4) is 0 Å². The zero-order valence-corrected chi connectivity index (χ0v) is 11.3. The average molecular weight is 302 g/mol. The number of nitrogens with one attached hydrogen (secondary N) is 1. The highest BCUT2D eigenvalue weighted by atomic mass is 32.2. The van der Waals surface area contributed by atoms with Gasteiger partial charge in [0.25, 0.3) is 0 Å². The number of hydrogen-bond donors (Lipinski definition) is 2. The summed E-state index contributed by atoms with van der Waals surface area (Å²) in [5.41, 5.74) is 6.13. The summed E-state index contributed by atoms with van der Waals surface area (Å²) in [6, 6.07) is 2.06. The Morgan fingerprint density at radius 2 is 1.90 bits per heavy atom. The van der Waals surface area contributed by atoms with Gasteiger partial charge in [-0.05, 0) is 12.1 Å². The van der Waals surface area contributed by atoms with Gasteiger partial charge >= 0.3 is 0 Å². The molecule has 0 aliphatic carbocycles. The van der Waals surface area contributed by atoms with Crippen LogP contribution >= 0.6 is 0 Å². The second-order valence-corrected chi connectivity index (χ2v) is 5.88. The molecule has 108 valence electrons. The summed E-state index contributed by atoms with van der Waals surface area (Å²) in [4.78, 5) is -0.488. The topological polar surface area (TPSA) is 90.0 Å². The predicted octanol–water partition coefficient (Wildman–Crippen LogP) is 0.759. The molecule has 0 aliphatic heterocycles. The lowest BCUT2D eigenvalue weighted by Gasteiger charge is -2.07. The van der Waals surface area contributed by atoms with E-state index in [2.05, 4.69) is 9.82 Å². The van der Waals surface area contributed by atoms with Crippen molar-refractivity contribution in [2.75, 3.05) is 5.73 Å². The molecule has 0 atom stereocenters. The molecule has 1 heterocycles. The van der Waals surface area contributed by atoms with Crippen LogP contribution in [-0.2, 0) is 23.6 Å². The fraction of sp³-hybridized carbons (Fsp3) is 0.182.